The normalized spacial score (nSPS) is 14.7. The second-order valence-corrected chi connectivity index (χ2v) is 4.59. The van der Waals surface area contributed by atoms with Crippen molar-refractivity contribution in [2.75, 3.05) is 25.7 Å². The molecule has 1 N–H and O–H groups in total. The van der Waals surface area contributed by atoms with E-state index in [0.29, 0.717) is 18.4 Å². The summed E-state index contributed by atoms with van der Waals surface area (Å²) in [5.74, 6) is 0.173. The molecule has 0 spiro atoms. The van der Waals surface area contributed by atoms with Gasteiger partial charge >= 0.3 is 6.09 Å². The number of carbonyl (C=O) groups is 1. The largest absolute Gasteiger partial charge is 0.465 e. The van der Waals surface area contributed by atoms with Gasteiger partial charge in [-0.2, -0.15) is 0 Å². The van der Waals surface area contributed by atoms with Gasteiger partial charge in [0.05, 0.1) is 0 Å². The number of amides is 1. The van der Waals surface area contributed by atoms with Gasteiger partial charge in [0.1, 0.15) is 11.5 Å². The van der Waals surface area contributed by atoms with Gasteiger partial charge < -0.3 is 14.6 Å². The highest BCUT2D eigenvalue weighted by Crippen LogP contribution is 2.34. The van der Waals surface area contributed by atoms with Crippen LogP contribution in [0.4, 0.5) is 19.4 Å². The summed E-state index contributed by atoms with van der Waals surface area (Å²) < 4.78 is 36.4. The second-order valence-electron chi connectivity index (χ2n) is 4.59. The summed E-state index contributed by atoms with van der Waals surface area (Å²) in [7, 11) is 2.61. The van der Waals surface area contributed by atoms with E-state index in [-0.39, 0.29) is 23.6 Å². The highest BCUT2D eigenvalue weighted by molar-refractivity contribution is 5.86. The smallest absolute Gasteiger partial charge is 0.413 e. The Kier molecular flexibility index (Phi) is 4.69. The summed E-state index contributed by atoms with van der Waals surface area (Å²) in [6, 6.07) is 1.29. The maximum atomic E-state index is 13.2. The fourth-order valence-corrected chi connectivity index (χ4v) is 2.40. The number of carboxylic acid groups (broad SMARTS) is 1. The Bertz CT molecular complexity index is 535. The molecule has 0 saturated heterocycles. The van der Waals surface area contributed by atoms with Crippen molar-refractivity contribution < 1.29 is 28.2 Å². The average molecular weight is 302 g/mol. The molecule has 1 aromatic rings. The van der Waals surface area contributed by atoms with Crippen molar-refractivity contribution in [1.29, 1.82) is 0 Å². The van der Waals surface area contributed by atoms with E-state index >= 15 is 0 Å². The van der Waals surface area contributed by atoms with Crippen LogP contribution in [0.2, 0.25) is 0 Å². The van der Waals surface area contributed by atoms with E-state index in [0.717, 1.165) is 4.90 Å². The molecule has 8 heteroatoms. The topological polar surface area (TPSA) is 71.9 Å². The van der Waals surface area contributed by atoms with Gasteiger partial charge in [0.25, 0.3) is 6.43 Å². The number of pyridine rings is 1. The van der Waals surface area contributed by atoms with E-state index in [1.165, 1.54) is 20.3 Å². The number of fused-ring (bicyclic) bond motifs is 1. The molecular weight excluding hydrogens is 286 g/mol. The minimum Gasteiger partial charge on any atom is -0.465 e. The summed E-state index contributed by atoms with van der Waals surface area (Å²) in [6.07, 6.45) is -3.90. The molecule has 0 radical (unpaired) electrons. The van der Waals surface area contributed by atoms with Gasteiger partial charge in [0, 0.05) is 26.3 Å². The minimum atomic E-state index is -2.74. The molecule has 21 heavy (non-hydrogen) atoms. The number of hydrogen-bond donors (Lipinski definition) is 1. The number of alkyl halides is 2. The van der Waals surface area contributed by atoms with Crippen LogP contribution in [0.1, 0.15) is 36.0 Å². The third-order valence-corrected chi connectivity index (χ3v) is 3.34. The first kappa shape index (κ1) is 15.6. The van der Waals surface area contributed by atoms with Crippen LogP contribution in [-0.2, 0) is 15.9 Å². The zero-order valence-electron chi connectivity index (χ0n) is 11.7. The number of halogens is 2. The van der Waals surface area contributed by atoms with Crippen LogP contribution in [0.25, 0.3) is 0 Å². The van der Waals surface area contributed by atoms with Crippen LogP contribution in [0.15, 0.2) is 6.07 Å². The van der Waals surface area contributed by atoms with Gasteiger partial charge in [-0.1, -0.05) is 0 Å². The first-order chi connectivity index (χ1) is 9.99. The van der Waals surface area contributed by atoms with Crippen molar-refractivity contribution in [3.8, 4) is 0 Å². The van der Waals surface area contributed by atoms with Crippen LogP contribution in [-0.4, -0.2) is 36.9 Å². The Balaban J connectivity index is 2.58. The Morgan fingerprint density at radius 3 is 2.62 bits per heavy atom. The molecule has 1 aromatic heterocycles. The molecule has 0 atom stereocenters. The summed E-state index contributed by atoms with van der Waals surface area (Å²) in [4.78, 5) is 16.4. The molecule has 1 amide bonds. The Morgan fingerprint density at radius 1 is 1.43 bits per heavy atom. The van der Waals surface area contributed by atoms with Crippen molar-refractivity contribution in [1.82, 2.24) is 4.98 Å². The number of aromatic nitrogens is 1. The van der Waals surface area contributed by atoms with Gasteiger partial charge in [-0.15, -0.1) is 0 Å². The molecule has 2 rings (SSSR count). The van der Waals surface area contributed by atoms with E-state index in [1.807, 2.05) is 0 Å². The molecule has 0 bridgehead atoms. The molecular formula is C13H16F2N2O4. The number of rotatable bonds is 4. The number of aryl methyl sites for hydroxylation is 1. The van der Waals surface area contributed by atoms with E-state index in [4.69, 9.17) is 9.47 Å². The molecule has 0 unspecified atom stereocenters. The molecule has 116 valence electrons. The summed E-state index contributed by atoms with van der Waals surface area (Å²) in [6.45, 7) is 0.285. The van der Waals surface area contributed by atoms with E-state index < -0.39 is 18.8 Å². The maximum absolute atomic E-state index is 13.2. The summed E-state index contributed by atoms with van der Waals surface area (Å²) >= 11 is 0. The van der Waals surface area contributed by atoms with Gasteiger partial charge in [0.2, 0.25) is 6.29 Å². The fourth-order valence-electron chi connectivity index (χ4n) is 2.40. The zero-order valence-corrected chi connectivity index (χ0v) is 11.7. The number of anilines is 1. The molecule has 0 fully saturated rings. The predicted octanol–water partition coefficient (Wildman–Crippen LogP) is 2.74. The van der Waals surface area contributed by atoms with Crippen LogP contribution in [0, 0.1) is 0 Å². The van der Waals surface area contributed by atoms with Crippen molar-refractivity contribution >= 4 is 11.9 Å². The minimum absolute atomic E-state index is 0.0955. The third kappa shape index (κ3) is 2.96. The van der Waals surface area contributed by atoms with E-state index in [1.54, 1.807) is 0 Å². The molecule has 6 nitrogen and oxygen atoms in total. The van der Waals surface area contributed by atoms with Gasteiger partial charge in [0.15, 0.2) is 0 Å². The van der Waals surface area contributed by atoms with E-state index in [9.17, 15) is 18.7 Å². The van der Waals surface area contributed by atoms with Gasteiger partial charge in [-0.05, 0) is 24.5 Å². The van der Waals surface area contributed by atoms with Crippen molar-refractivity contribution in [2.24, 2.45) is 0 Å². The lowest BCUT2D eigenvalue weighted by atomic mass is 10.0. The van der Waals surface area contributed by atoms with E-state index in [2.05, 4.69) is 4.98 Å². The number of nitrogens with zero attached hydrogens (tertiary/aromatic N) is 2. The molecule has 1 aliphatic heterocycles. The van der Waals surface area contributed by atoms with Crippen LogP contribution >= 0.6 is 0 Å². The molecule has 2 heterocycles. The average Bonchev–Trinajstić information content (AvgIpc) is 2.46. The molecule has 0 aliphatic carbocycles. The SMILES string of the molecule is COC(OC)c1nc2c(cc1C(F)F)CCCN2C(=O)O. The Hall–Kier alpha value is -1.80. The van der Waals surface area contributed by atoms with Crippen LogP contribution < -0.4 is 4.90 Å². The molecule has 0 saturated carbocycles. The predicted molar refractivity (Wildman–Crippen MR) is 69.6 cm³/mol. The van der Waals surface area contributed by atoms with Crippen molar-refractivity contribution in [3.63, 3.8) is 0 Å². The quantitative estimate of drug-likeness (QED) is 0.866. The molecule has 0 aromatic carbocycles. The summed E-state index contributed by atoms with van der Waals surface area (Å²) in [5, 5.41) is 9.18. The monoisotopic (exact) mass is 302 g/mol. The first-order valence-corrected chi connectivity index (χ1v) is 6.37. The highest BCUT2D eigenvalue weighted by atomic mass is 19.3. The second kappa shape index (κ2) is 6.31. The highest BCUT2D eigenvalue weighted by Gasteiger charge is 2.29. The number of methoxy groups -OCH3 is 2. The standard InChI is InChI=1S/C13H16F2N2O4/c1-20-12(21-2)9-8(10(14)15)6-7-4-3-5-17(13(18)19)11(7)16-9/h6,10,12H,3-5H2,1-2H3,(H,18,19). The van der Waals surface area contributed by atoms with Crippen LogP contribution in [0.3, 0.4) is 0 Å². The fraction of sp³-hybridized carbons (Fsp3) is 0.538. The van der Waals surface area contributed by atoms with Crippen molar-refractivity contribution in [3.05, 3.63) is 22.9 Å². The lowest BCUT2D eigenvalue weighted by Gasteiger charge is -2.28. The first-order valence-electron chi connectivity index (χ1n) is 6.37. The zero-order chi connectivity index (χ0) is 15.6. The lowest BCUT2D eigenvalue weighted by Crippen LogP contribution is -2.35. The lowest BCUT2D eigenvalue weighted by molar-refractivity contribution is -0.110. The van der Waals surface area contributed by atoms with Gasteiger partial charge in [-0.3, -0.25) is 4.90 Å². The van der Waals surface area contributed by atoms with Crippen molar-refractivity contribution in [2.45, 2.75) is 25.6 Å². The van der Waals surface area contributed by atoms with Crippen LogP contribution in [0.5, 0.6) is 0 Å². The number of ether oxygens (including phenoxy) is 2. The number of hydrogen-bond acceptors (Lipinski definition) is 4. The Labute approximate surface area is 120 Å². The summed E-state index contributed by atoms with van der Waals surface area (Å²) in [5.41, 5.74) is 0.102. The third-order valence-electron chi connectivity index (χ3n) is 3.34. The molecule has 1 aliphatic rings. The Morgan fingerprint density at radius 2 is 2.10 bits per heavy atom. The van der Waals surface area contributed by atoms with Gasteiger partial charge in [-0.25, -0.2) is 18.6 Å². The maximum Gasteiger partial charge on any atom is 0.413 e.